The van der Waals surface area contributed by atoms with Gasteiger partial charge in [-0.25, -0.2) is 0 Å². The summed E-state index contributed by atoms with van der Waals surface area (Å²) >= 11 is 0.736. The minimum Gasteiger partial charge on any atom is -0.497 e. The van der Waals surface area contributed by atoms with Gasteiger partial charge in [0.25, 0.3) is 11.8 Å². The molecule has 2 aromatic heterocycles. The van der Waals surface area contributed by atoms with E-state index in [1.807, 2.05) is 0 Å². The fourth-order valence-electron chi connectivity index (χ4n) is 3.24. The lowest BCUT2D eigenvalue weighted by atomic mass is 10.0. The van der Waals surface area contributed by atoms with Crippen LogP contribution < -0.4 is 21.5 Å². The molecule has 0 aliphatic rings. The van der Waals surface area contributed by atoms with Crippen LogP contribution in [0.2, 0.25) is 0 Å². The monoisotopic (exact) mass is 487 g/mol. The van der Waals surface area contributed by atoms with Gasteiger partial charge < -0.3 is 35.6 Å². The SMILES string of the molecule is COCCNC(=O)[C@@H](c1ccc(OC)cc1)N(Cc1ccco1)C(=O)c1snc(C(N)=O)c1N. The molecule has 0 spiro atoms. The van der Waals surface area contributed by atoms with E-state index < -0.39 is 23.8 Å². The largest absolute Gasteiger partial charge is 0.497 e. The number of furan rings is 1. The molecule has 12 heteroatoms. The number of anilines is 1. The molecule has 0 aliphatic heterocycles. The molecule has 3 amide bonds. The summed E-state index contributed by atoms with van der Waals surface area (Å²) in [6.07, 6.45) is 1.46. The molecule has 5 N–H and O–H groups in total. The maximum absolute atomic E-state index is 13.7. The second-order valence-corrected chi connectivity index (χ2v) is 7.88. The quantitative estimate of drug-likeness (QED) is 0.343. The average molecular weight is 488 g/mol. The molecule has 0 saturated carbocycles. The van der Waals surface area contributed by atoms with Crippen molar-refractivity contribution in [3.8, 4) is 5.75 Å². The first-order valence-corrected chi connectivity index (χ1v) is 10.9. The predicted molar refractivity (Wildman–Crippen MR) is 124 cm³/mol. The lowest BCUT2D eigenvalue weighted by Crippen LogP contribution is -2.44. The van der Waals surface area contributed by atoms with Gasteiger partial charge in [0.05, 0.1) is 32.2 Å². The Morgan fingerprint density at radius 3 is 2.50 bits per heavy atom. The molecule has 3 aromatic rings. The van der Waals surface area contributed by atoms with Crippen LogP contribution in [0, 0.1) is 0 Å². The Balaban J connectivity index is 2.07. The van der Waals surface area contributed by atoms with Crippen molar-refractivity contribution in [2.24, 2.45) is 5.73 Å². The Hall–Kier alpha value is -3.90. The molecule has 2 heterocycles. The van der Waals surface area contributed by atoms with Crippen molar-refractivity contribution in [2.45, 2.75) is 12.6 Å². The van der Waals surface area contributed by atoms with E-state index in [4.69, 9.17) is 25.4 Å². The normalized spacial score (nSPS) is 11.6. The van der Waals surface area contributed by atoms with Gasteiger partial charge in [-0.3, -0.25) is 14.4 Å². The van der Waals surface area contributed by atoms with E-state index >= 15 is 0 Å². The number of nitrogen functional groups attached to an aromatic ring is 1. The smallest absolute Gasteiger partial charge is 0.270 e. The number of aromatic nitrogens is 1. The number of amides is 3. The van der Waals surface area contributed by atoms with E-state index in [2.05, 4.69) is 9.69 Å². The number of nitrogens with one attached hydrogen (secondary N) is 1. The van der Waals surface area contributed by atoms with Crippen molar-refractivity contribution >= 4 is 34.9 Å². The number of nitrogens with two attached hydrogens (primary N) is 2. The number of ether oxygens (including phenoxy) is 2. The summed E-state index contributed by atoms with van der Waals surface area (Å²) in [6.45, 7) is 0.472. The van der Waals surface area contributed by atoms with Crippen LogP contribution in [0.5, 0.6) is 5.75 Å². The third kappa shape index (κ3) is 5.53. The van der Waals surface area contributed by atoms with Crippen molar-refractivity contribution < 1.29 is 28.3 Å². The van der Waals surface area contributed by atoms with Crippen LogP contribution in [0.25, 0.3) is 0 Å². The highest BCUT2D eigenvalue weighted by Gasteiger charge is 2.35. The summed E-state index contributed by atoms with van der Waals surface area (Å²) in [5, 5.41) is 2.78. The van der Waals surface area contributed by atoms with Gasteiger partial charge in [-0.2, -0.15) is 4.37 Å². The maximum Gasteiger partial charge on any atom is 0.270 e. The van der Waals surface area contributed by atoms with Gasteiger partial charge in [-0.1, -0.05) is 12.1 Å². The van der Waals surface area contributed by atoms with E-state index in [0.29, 0.717) is 17.1 Å². The molecule has 3 rings (SSSR count). The molecule has 0 saturated heterocycles. The highest BCUT2D eigenvalue weighted by molar-refractivity contribution is 7.09. The summed E-state index contributed by atoms with van der Waals surface area (Å²) in [5.74, 6) is -0.880. The first-order chi connectivity index (χ1) is 16.4. The maximum atomic E-state index is 13.7. The minimum atomic E-state index is -1.07. The Morgan fingerprint density at radius 2 is 1.94 bits per heavy atom. The lowest BCUT2D eigenvalue weighted by molar-refractivity contribution is -0.126. The molecular formula is C22H25N5O6S. The van der Waals surface area contributed by atoms with E-state index in [0.717, 1.165) is 11.5 Å². The molecule has 0 bridgehead atoms. The van der Waals surface area contributed by atoms with Crippen molar-refractivity contribution in [1.29, 1.82) is 0 Å². The highest BCUT2D eigenvalue weighted by Crippen LogP contribution is 2.31. The Morgan fingerprint density at radius 1 is 1.21 bits per heavy atom. The molecule has 0 fully saturated rings. The summed E-state index contributed by atoms with van der Waals surface area (Å²) in [4.78, 5) is 39.9. The highest BCUT2D eigenvalue weighted by atomic mass is 32.1. The Labute approximate surface area is 199 Å². The van der Waals surface area contributed by atoms with Gasteiger partial charge in [0, 0.05) is 13.7 Å². The van der Waals surface area contributed by atoms with Gasteiger partial charge in [-0.05, 0) is 41.4 Å². The molecule has 0 aliphatic carbocycles. The van der Waals surface area contributed by atoms with Crippen LogP contribution in [0.4, 0.5) is 5.69 Å². The zero-order chi connectivity index (χ0) is 24.7. The third-order valence-electron chi connectivity index (χ3n) is 4.92. The first-order valence-electron chi connectivity index (χ1n) is 10.2. The number of benzene rings is 1. The minimum absolute atomic E-state index is 0.0106. The standard InChI is InChI=1S/C22H25N5O6S/c1-31-11-9-25-21(29)18(13-5-7-14(32-2)8-6-13)27(12-15-4-3-10-33-15)22(30)19-16(23)17(20(24)28)26-34-19/h3-8,10,18H,9,11-12,23H2,1-2H3,(H2,24,28)(H,25,29)/t18-/m1/s1. The van der Waals surface area contributed by atoms with Gasteiger partial charge in [0.15, 0.2) is 5.69 Å². The van der Waals surface area contributed by atoms with Crippen molar-refractivity contribution in [3.05, 3.63) is 64.6 Å². The van der Waals surface area contributed by atoms with Gasteiger partial charge in [-0.15, -0.1) is 0 Å². The number of hydrogen-bond acceptors (Lipinski definition) is 9. The number of nitrogens with zero attached hydrogens (tertiary/aromatic N) is 2. The van der Waals surface area contributed by atoms with Crippen LogP contribution in [-0.2, 0) is 16.1 Å². The van der Waals surface area contributed by atoms with Crippen LogP contribution in [0.15, 0.2) is 47.1 Å². The van der Waals surface area contributed by atoms with Gasteiger partial charge in [0.1, 0.15) is 22.4 Å². The second-order valence-electron chi connectivity index (χ2n) is 7.11. The molecule has 180 valence electrons. The Bertz CT molecular complexity index is 1130. The van der Waals surface area contributed by atoms with Crippen LogP contribution in [0.1, 0.15) is 37.5 Å². The number of rotatable bonds is 11. The summed E-state index contributed by atoms with van der Waals surface area (Å²) in [7, 11) is 3.04. The summed E-state index contributed by atoms with van der Waals surface area (Å²) in [5.41, 5.74) is 11.5. The van der Waals surface area contributed by atoms with E-state index in [-0.39, 0.29) is 36.0 Å². The number of methoxy groups -OCH3 is 2. The van der Waals surface area contributed by atoms with E-state index in [1.165, 1.54) is 25.4 Å². The number of carbonyl (C=O) groups is 3. The number of carbonyl (C=O) groups excluding carboxylic acids is 3. The molecular weight excluding hydrogens is 462 g/mol. The lowest BCUT2D eigenvalue weighted by Gasteiger charge is -2.30. The fourth-order valence-corrected chi connectivity index (χ4v) is 4.00. The van der Waals surface area contributed by atoms with Crippen molar-refractivity contribution in [3.63, 3.8) is 0 Å². The summed E-state index contributed by atoms with van der Waals surface area (Å²) in [6, 6.07) is 9.03. The fraction of sp³-hybridized carbons (Fsp3) is 0.273. The topological polar surface area (TPSA) is 163 Å². The van der Waals surface area contributed by atoms with Gasteiger partial charge >= 0.3 is 0 Å². The van der Waals surface area contributed by atoms with Crippen molar-refractivity contribution in [1.82, 2.24) is 14.6 Å². The van der Waals surface area contributed by atoms with E-state index in [9.17, 15) is 14.4 Å². The van der Waals surface area contributed by atoms with Crippen LogP contribution in [-0.4, -0.2) is 54.4 Å². The van der Waals surface area contributed by atoms with Gasteiger partial charge in [0.2, 0.25) is 5.91 Å². The summed E-state index contributed by atoms with van der Waals surface area (Å²) < 4.78 is 19.6. The number of primary amides is 1. The molecule has 1 atom stereocenters. The predicted octanol–water partition coefficient (Wildman–Crippen LogP) is 1.57. The zero-order valence-corrected chi connectivity index (χ0v) is 19.5. The number of hydrogen-bond donors (Lipinski definition) is 3. The average Bonchev–Trinajstić information content (AvgIpc) is 3.48. The molecule has 34 heavy (non-hydrogen) atoms. The molecule has 0 radical (unpaired) electrons. The van der Waals surface area contributed by atoms with Crippen LogP contribution >= 0.6 is 11.5 Å². The molecule has 1 aromatic carbocycles. The Kier molecular flexibility index (Phi) is 8.22. The van der Waals surface area contributed by atoms with E-state index in [1.54, 1.807) is 36.4 Å². The zero-order valence-electron chi connectivity index (χ0n) is 18.6. The third-order valence-corrected chi connectivity index (χ3v) is 5.77. The first kappa shape index (κ1) is 24.7. The molecule has 0 unspecified atom stereocenters. The van der Waals surface area contributed by atoms with Crippen molar-refractivity contribution in [2.75, 3.05) is 33.1 Å². The second kappa shape index (κ2) is 11.3. The molecule has 11 nitrogen and oxygen atoms in total. The van der Waals surface area contributed by atoms with Crippen LogP contribution in [0.3, 0.4) is 0 Å².